The van der Waals surface area contributed by atoms with Gasteiger partial charge in [0, 0.05) is 53.5 Å². The molecule has 1 aromatic carbocycles. The Balaban J connectivity index is 1.95. The second-order valence-corrected chi connectivity index (χ2v) is 8.12. The summed E-state index contributed by atoms with van der Waals surface area (Å²) in [5, 5.41) is 1.80. The van der Waals surface area contributed by atoms with Gasteiger partial charge in [-0.1, -0.05) is 18.5 Å². The largest absolute Gasteiger partial charge is 0.368 e. The third kappa shape index (κ3) is 2.83. The molecule has 0 spiro atoms. The van der Waals surface area contributed by atoms with Gasteiger partial charge >= 0.3 is 0 Å². The molecule has 0 aliphatic carbocycles. The number of hydrogen-bond acceptors (Lipinski definition) is 3. The first-order valence-electron chi connectivity index (χ1n) is 7.38. The van der Waals surface area contributed by atoms with E-state index in [0.717, 1.165) is 23.0 Å². The molecule has 0 saturated carbocycles. The van der Waals surface area contributed by atoms with Crippen molar-refractivity contribution in [1.82, 2.24) is 9.29 Å². The SMILES string of the molecule is CCC1CN(c2cc(Cl)cc3[nH]ccc23)CCN1S(C)(=O)=O. The number of H-pyrrole nitrogens is 1. The molecule has 0 radical (unpaired) electrons. The summed E-state index contributed by atoms with van der Waals surface area (Å²) in [6.07, 6.45) is 3.98. The van der Waals surface area contributed by atoms with Gasteiger partial charge in [0.15, 0.2) is 0 Å². The minimum absolute atomic E-state index is 0.00303. The van der Waals surface area contributed by atoms with Gasteiger partial charge in [0.2, 0.25) is 10.0 Å². The molecule has 1 aromatic heterocycles. The van der Waals surface area contributed by atoms with Gasteiger partial charge in [-0.3, -0.25) is 0 Å². The molecule has 3 rings (SSSR count). The van der Waals surface area contributed by atoms with E-state index < -0.39 is 10.0 Å². The Kier molecular flexibility index (Phi) is 4.09. The van der Waals surface area contributed by atoms with Crippen molar-refractivity contribution in [2.75, 3.05) is 30.8 Å². The van der Waals surface area contributed by atoms with Gasteiger partial charge in [0.1, 0.15) is 0 Å². The molecule has 1 aliphatic heterocycles. The number of aromatic nitrogens is 1. The average Bonchev–Trinajstić information content (AvgIpc) is 2.92. The molecule has 7 heteroatoms. The number of rotatable bonds is 3. The second kappa shape index (κ2) is 5.76. The lowest BCUT2D eigenvalue weighted by atomic mass is 10.1. The summed E-state index contributed by atoms with van der Waals surface area (Å²) >= 11 is 6.22. The molecular formula is C15H20ClN3O2S. The maximum absolute atomic E-state index is 11.9. The fraction of sp³-hybridized carbons (Fsp3) is 0.467. The molecule has 1 saturated heterocycles. The first-order chi connectivity index (χ1) is 10.4. The predicted octanol–water partition coefficient (Wildman–Crippen LogP) is 2.68. The molecular weight excluding hydrogens is 322 g/mol. The zero-order chi connectivity index (χ0) is 15.9. The van der Waals surface area contributed by atoms with Crippen LogP contribution in [0, 0.1) is 0 Å². The number of sulfonamides is 1. The number of benzene rings is 1. The van der Waals surface area contributed by atoms with Crippen LogP contribution in [0.1, 0.15) is 13.3 Å². The highest BCUT2D eigenvalue weighted by Gasteiger charge is 2.32. The van der Waals surface area contributed by atoms with Crippen LogP contribution in [0.15, 0.2) is 24.4 Å². The first kappa shape index (κ1) is 15.6. The van der Waals surface area contributed by atoms with E-state index in [1.54, 1.807) is 4.31 Å². The predicted molar refractivity (Wildman–Crippen MR) is 91.2 cm³/mol. The Labute approximate surface area is 135 Å². The van der Waals surface area contributed by atoms with E-state index in [-0.39, 0.29) is 6.04 Å². The Bertz CT molecular complexity index is 787. The molecule has 5 nitrogen and oxygen atoms in total. The van der Waals surface area contributed by atoms with Gasteiger partial charge in [-0.15, -0.1) is 0 Å². The van der Waals surface area contributed by atoms with Gasteiger partial charge in [0.25, 0.3) is 0 Å². The smallest absolute Gasteiger partial charge is 0.211 e. The lowest BCUT2D eigenvalue weighted by molar-refractivity contribution is 0.285. The highest BCUT2D eigenvalue weighted by molar-refractivity contribution is 7.88. The van der Waals surface area contributed by atoms with Crippen molar-refractivity contribution in [3.8, 4) is 0 Å². The van der Waals surface area contributed by atoms with Crippen LogP contribution in [0.4, 0.5) is 5.69 Å². The zero-order valence-corrected chi connectivity index (χ0v) is 14.3. The van der Waals surface area contributed by atoms with E-state index in [4.69, 9.17) is 11.6 Å². The minimum atomic E-state index is -3.16. The fourth-order valence-corrected chi connectivity index (χ4v) is 4.58. The van der Waals surface area contributed by atoms with Crippen LogP contribution in [0.5, 0.6) is 0 Å². The van der Waals surface area contributed by atoms with Crippen molar-refractivity contribution < 1.29 is 8.42 Å². The summed E-state index contributed by atoms with van der Waals surface area (Å²) in [6.45, 7) is 3.89. The van der Waals surface area contributed by atoms with Crippen molar-refractivity contribution >= 4 is 38.2 Å². The van der Waals surface area contributed by atoms with Crippen LogP contribution in [-0.4, -0.2) is 49.6 Å². The highest BCUT2D eigenvalue weighted by Crippen LogP contribution is 2.32. The molecule has 1 atom stereocenters. The Hall–Kier alpha value is -1.24. The van der Waals surface area contributed by atoms with E-state index in [1.165, 1.54) is 6.26 Å². The molecule has 0 amide bonds. The molecule has 1 fully saturated rings. The van der Waals surface area contributed by atoms with Crippen LogP contribution < -0.4 is 4.90 Å². The Morgan fingerprint density at radius 2 is 2.14 bits per heavy atom. The second-order valence-electron chi connectivity index (χ2n) is 5.75. The van der Waals surface area contributed by atoms with Crippen LogP contribution in [0.2, 0.25) is 5.02 Å². The number of nitrogens with one attached hydrogen (secondary N) is 1. The van der Waals surface area contributed by atoms with E-state index in [0.29, 0.717) is 24.7 Å². The maximum Gasteiger partial charge on any atom is 0.211 e. The molecule has 2 aromatic rings. The molecule has 120 valence electrons. The van der Waals surface area contributed by atoms with Crippen molar-refractivity contribution in [1.29, 1.82) is 0 Å². The van der Waals surface area contributed by atoms with Crippen LogP contribution in [0.3, 0.4) is 0 Å². The summed E-state index contributed by atoms with van der Waals surface area (Å²) in [6, 6.07) is 5.90. The van der Waals surface area contributed by atoms with Crippen molar-refractivity contribution in [2.24, 2.45) is 0 Å². The lowest BCUT2D eigenvalue weighted by Gasteiger charge is -2.41. The topological polar surface area (TPSA) is 56.4 Å². The molecule has 22 heavy (non-hydrogen) atoms. The highest BCUT2D eigenvalue weighted by atomic mass is 35.5. The number of hydrogen-bond donors (Lipinski definition) is 1. The summed E-state index contributed by atoms with van der Waals surface area (Å²) in [5.74, 6) is 0. The van der Waals surface area contributed by atoms with Crippen molar-refractivity contribution in [2.45, 2.75) is 19.4 Å². The Morgan fingerprint density at radius 3 is 2.82 bits per heavy atom. The normalized spacial score (nSPS) is 20.7. The van der Waals surface area contributed by atoms with Gasteiger partial charge in [-0.2, -0.15) is 4.31 Å². The van der Waals surface area contributed by atoms with E-state index >= 15 is 0 Å². The van der Waals surface area contributed by atoms with E-state index in [9.17, 15) is 8.42 Å². The van der Waals surface area contributed by atoms with Crippen LogP contribution in [-0.2, 0) is 10.0 Å². The fourth-order valence-electron chi connectivity index (χ4n) is 3.20. The minimum Gasteiger partial charge on any atom is -0.368 e. The zero-order valence-electron chi connectivity index (χ0n) is 12.7. The standard InChI is InChI=1S/C15H20ClN3O2S/c1-3-12-10-18(6-7-19(12)22(2,20)21)15-9-11(16)8-14-13(15)4-5-17-14/h4-5,8-9,12,17H,3,6-7,10H2,1-2H3. The number of nitrogens with zero attached hydrogens (tertiary/aromatic N) is 2. The van der Waals surface area contributed by atoms with Gasteiger partial charge < -0.3 is 9.88 Å². The molecule has 1 aliphatic rings. The van der Waals surface area contributed by atoms with Crippen molar-refractivity contribution in [3.05, 3.63) is 29.4 Å². The summed E-state index contributed by atoms with van der Waals surface area (Å²) < 4.78 is 25.4. The maximum atomic E-state index is 11.9. The van der Waals surface area contributed by atoms with E-state index in [2.05, 4.69) is 9.88 Å². The van der Waals surface area contributed by atoms with Crippen LogP contribution in [0.25, 0.3) is 10.9 Å². The third-order valence-electron chi connectivity index (χ3n) is 4.28. The summed E-state index contributed by atoms with van der Waals surface area (Å²) in [5.41, 5.74) is 2.07. The summed E-state index contributed by atoms with van der Waals surface area (Å²) in [4.78, 5) is 5.41. The molecule has 1 N–H and O–H groups in total. The number of halogens is 1. The monoisotopic (exact) mass is 341 g/mol. The molecule has 0 bridgehead atoms. The average molecular weight is 342 g/mol. The number of fused-ring (bicyclic) bond motifs is 1. The van der Waals surface area contributed by atoms with Gasteiger partial charge in [-0.05, 0) is 24.6 Å². The molecule has 2 heterocycles. The first-order valence-corrected chi connectivity index (χ1v) is 9.61. The number of aromatic amines is 1. The van der Waals surface area contributed by atoms with Gasteiger partial charge in [-0.25, -0.2) is 8.42 Å². The Morgan fingerprint density at radius 1 is 1.36 bits per heavy atom. The quantitative estimate of drug-likeness (QED) is 0.933. The van der Waals surface area contributed by atoms with Gasteiger partial charge in [0.05, 0.1) is 6.26 Å². The molecule has 1 unspecified atom stereocenters. The van der Waals surface area contributed by atoms with Crippen LogP contribution >= 0.6 is 11.6 Å². The van der Waals surface area contributed by atoms with E-state index in [1.807, 2.05) is 31.3 Å². The lowest BCUT2D eigenvalue weighted by Crippen LogP contribution is -2.54. The number of piperazine rings is 1. The number of anilines is 1. The summed E-state index contributed by atoms with van der Waals surface area (Å²) in [7, 11) is -3.16. The third-order valence-corrected chi connectivity index (χ3v) is 5.83. The van der Waals surface area contributed by atoms with Crippen molar-refractivity contribution in [3.63, 3.8) is 0 Å².